The van der Waals surface area contributed by atoms with Gasteiger partial charge in [0, 0.05) is 24.0 Å². The van der Waals surface area contributed by atoms with Gasteiger partial charge in [0.15, 0.2) is 0 Å². The number of nitrogens with zero attached hydrogens (tertiary/aromatic N) is 1. The second-order valence-corrected chi connectivity index (χ2v) is 7.29. The van der Waals surface area contributed by atoms with Crippen LogP contribution >= 0.6 is 11.8 Å². The zero-order valence-corrected chi connectivity index (χ0v) is 13.5. The van der Waals surface area contributed by atoms with Crippen LogP contribution in [0.4, 0.5) is 0 Å². The van der Waals surface area contributed by atoms with E-state index < -0.39 is 0 Å². The first-order valence-electron chi connectivity index (χ1n) is 8.03. The predicted molar refractivity (Wildman–Crippen MR) is 87.7 cm³/mol. The highest BCUT2D eigenvalue weighted by molar-refractivity contribution is 8.01. The number of rotatable bonds is 4. The highest BCUT2D eigenvalue weighted by atomic mass is 32.2. The number of fused-ring (bicyclic) bond motifs is 1. The first kappa shape index (κ1) is 14.9. The smallest absolute Gasteiger partial charge is 0.234 e. The summed E-state index contributed by atoms with van der Waals surface area (Å²) in [5.41, 5.74) is 1.32. The molecule has 1 fully saturated rings. The standard InChI is InChI=1S/C17H24N2OS/c1-2-9-19-10-7-14(8-11-19)18-17(20)16-12-13-5-3-4-6-15(13)21-16/h3-6,14,16H,2,7-12H2,1H3,(H,18,20)/t16-/m1/s1. The first-order valence-corrected chi connectivity index (χ1v) is 8.91. The van der Waals surface area contributed by atoms with Gasteiger partial charge in [-0.1, -0.05) is 25.1 Å². The molecule has 21 heavy (non-hydrogen) atoms. The van der Waals surface area contributed by atoms with E-state index in [9.17, 15) is 4.79 Å². The van der Waals surface area contributed by atoms with Crippen molar-refractivity contribution in [2.45, 2.75) is 48.8 Å². The summed E-state index contributed by atoms with van der Waals surface area (Å²) in [7, 11) is 0. The topological polar surface area (TPSA) is 32.3 Å². The molecule has 1 amide bonds. The number of carbonyl (C=O) groups is 1. The van der Waals surface area contributed by atoms with Crippen LogP contribution < -0.4 is 5.32 Å². The summed E-state index contributed by atoms with van der Waals surface area (Å²) in [4.78, 5) is 16.2. The van der Waals surface area contributed by atoms with Crippen LogP contribution in [0.15, 0.2) is 29.2 Å². The summed E-state index contributed by atoms with van der Waals surface area (Å²) >= 11 is 1.72. The highest BCUT2D eigenvalue weighted by Crippen LogP contribution is 2.36. The van der Waals surface area contributed by atoms with Gasteiger partial charge in [-0.25, -0.2) is 0 Å². The number of likely N-dealkylation sites (tertiary alicyclic amines) is 1. The maximum Gasteiger partial charge on any atom is 0.234 e. The monoisotopic (exact) mass is 304 g/mol. The van der Waals surface area contributed by atoms with Crippen molar-refractivity contribution < 1.29 is 4.79 Å². The SMILES string of the molecule is CCCN1CCC(NC(=O)[C@H]2Cc3ccccc3S2)CC1. The molecule has 2 aliphatic rings. The fourth-order valence-corrected chi connectivity index (χ4v) is 4.44. The average Bonchev–Trinajstić information content (AvgIpc) is 2.94. The number of carbonyl (C=O) groups excluding carboxylic acids is 1. The zero-order valence-electron chi connectivity index (χ0n) is 12.7. The average molecular weight is 304 g/mol. The van der Waals surface area contributed by atoms with Gasteiger partial charge < -0.3 is 10.2 Å². The second-order valence-electron chi connectivity index (χ2n) is 6.04. The van der Waals surface area contributed by atoms with Gasteiger partial charge in [0.2, 0.25) is 5.91 Å². The molecule has 0 bridgehead atoms. The van der Waals surface area contributed by atoms with E-state index in [-0.39, 0.29) is 11.2 Å². The Kier molecular flexibility index (Phi) is 4.86. The van der Waals surface area contributed by atoms with Crippen LogP contribution in [0.25, 0.3) is 0 Å². The number of benzene rings is 1. The lowest BCUT2D eigenvalue weighted by Gasteiger charge is -2.32. The zero-order chi connectivity index (χ0) is 14.7. The van der Waals surface area contributed by atoms with Gasteiger partial charge >= 0.3 is 0 Å². The highest BCUT2D eigenvalue weighted by Gasteiger charge is 2.30. The number of hydrogen-bond acceptors (Lipinski definition) is 3. The summed E-state index contributed by atoms with van der Waals surface area (Å²) in [6.07, 6.45) is 4.28. The van der Waals surface area contributed by atoms with Gasteiger partial charge in [0.1, 0.15) is 0 Å². The minimum Gasteiger partial charge on any atom is -0.352 e. The lowest BCUT2D eigenvalue weighted by molar-refractivity contribution is -0.121. The van der Waals surface area contributed by atoms with E-state index >= 15 is 0 Å². The Morgan fingerprint density at radius 1 is 1.33 bits per heavy atom. The van der Waals surface area contributed by atoms with Gasteiger partial charge in [-0.3, -0.25) is 4.79 Å². The van der Waals surface area contributed by atoms with Crippen LogP contribution in [0.5, 0.6) is 0 Å². The van der Waals surface area contributed by atoms with Crippen LogP contribution in [0.1, 0.15) is 31.7 Å². The van der Waals surface area contributed by atoms with Crippen molar-refractivity contribution in [3.8, 4) is 0 Å². The fourth-order valence-electron chi connectivity index (χ4n) is 3.24. The first-order chi connectivity index (χ1) is 10.3. The molecule has 0 saturated carbocycles. The van der Waals surface area contributed by atoms with E-state index in [1.165, 1.54) is 23.4 Å². The lowest BCUT2D eigenvalue weighted by Crippen LogP contribution is -2.47. The molecule has 0 spiro atoms. The summed E-state index contributed by atoms with van der Waals surface area (Å²) in [6.45, 7) is 5.66. The molecular weight excluding hydrogens is 280 g/mol. The minimum atomic E-state index is 0.0658. The van der Waals surface area contributed by atoms with Crippen molar-refractivity contribution in [3.05, 3.63) is 29.8 Å². The molecule has 2 aliphatic heterocycles. The number of nitrogens with one attached hydrogen (secondary N) is 1. The van der Waals surface area contributed by atoms with E-state index in [4.69, 9.17) is 0 Å². The molecule has 0 aromatic heterocycles. The summed E-state index contributed by atoms with van der Waals surface area (Å²) in [5.74, 6) is 0.227. The summed E-state index contributed by atoms with van der Waals surface area (Å²) < 4.78 is 0. The molecule has 4 heteroatoms. The molecule has 1 aromatic carbocycles. The van der Waals surface area contributed by atoms with Gasteiger partial charge in [-0.2, -0.15) is 0 Å². The van der Waals surface area contributed by atoms with Crippen molar-refractivity contribution in [1.29, 1.82) is 0 Å². The molecular formula is C17H24N2OS. The Balaban J connectivity index is 1.48. The third-order valence-corrected chi connectivity index (χ3v) is 5.73. The molecule has 3 nitrogen and oxygen atoms in total. The molecule has 1 N–H and O–H groups in total. The van der Waals surface area contributed by atoms with Crippen LogP contribution in [-0.4, -0.2) is 41.7 Å². The molecule has 2 heterocycles. The maximum atomic E-state index is 12.4. The van der Waals surface area contributed by atoms with E-state index in [2.05, 4.69) is 41.4 Å². The second kappa shape index (κ2) is 6.84. The number of amides is 1. The quantitative estimate of drug-likeness (QED) is 0.928. The molecule has 1 saturated heterocycles. The molecule has 3 rings (SSSR count). The number of hydrogen-bond donors (Lipinski definition) is 1. The molecule has 1 atom stereocenters. The molecule has 0 radical (unpaired) electrons. The van der Waals surface area contributed by atoms with Gasteiger partial charge in [0.25, 0.3) is 0 Å². The Bertz CT molecular complexity index is 472. The van der Waals surface area contributed by atoms with Crippen molar-refractivity contribution in [2.75, 3.05) is 19.6 Å². The van der Waals surface area contributed by atoms with Crippen molar-refractivity contribution >= 4 is 17.7 Å². The van der Waals surface area contributed by atoms with Crippen LogP contribution in [0, 0.1) is 0 Å². The van der Waals surface area contributed by atoms with Crippen LogP contribution in [0.2, 0.25) is 0 Å². The maximum absolute atomic E-state index is 12.4. The summed E-state index contributed by atoms with van der Waals surface area (Å²) in [6, 6.07) is 8.74. The Hall–Kier alpha value is -1.00. The molecule has 114 valence electrons. The Labute approximate surface area is 131 Å². The normalized spacial score (nSPS) is 23.0. The number of thioether (sulfide) groups is 1. The van der Waals surface area contributed by atoms with Gasteiger partial charge in [-0.15, -0.1) is 11.8 Å². The number of piperidine rings is 1. The van der Waals surface area contributed by atoms with Crippen molar-refractivity contribution in [1.82, 2.24) is 10.2 Å². The Morgan fingerprint density at radius 3 is 2.81 bits per heavy atom. The molecule has 0 unspecified atom stereocenters. The van der Waals surface area contributed by atoms with Crippen LogP contribution in [-0.2, 0) is 11.2 Å². The predicted octanol–water partition coefficient (Wildman–Crippen LogP) is 2.69. The van der Waals surface area contributed by atoms with E-state index in [0.717, 1.165) is 32.4 Å². The van der Waals surface area contributed by atoms with E-state index in [1.54, 1.807) is 11.8 Å². The third-order valence-electron chi connectivity index (χ3n) is 4.41. The van der Waals surface area contributed by atoms with E-state index in [1.807, 2.05) is 0 Å². The van der Waals surface area contributed by atoms with Gasteiger partial charge in [0.05, 0.1) is 5.25 Å². The lowest BCUT2D eigenvalue weighted by atomic mass is 10.0. The van der Waals surface area contributed by atoms with Crippen molar-refractivity contribution in [3.63, 3.8) is 0 Å². The third kappa shape index (κ3) is 3.61. The largest absolute Gasteiger partial charge is 0.352 e. The van der Waals surface area contributed by atoms with Crippen LogP contribution in [0.3, 0.4) is 0 Å². The molecule has 0 aliphatic carbocycles. The molecule has 1 aromatic rings. The summed E-state index contributed by atoms with van der Waals surface area (Å²) in [5, 5.41) is 3.34. The minimum absolute atomic E-state index is 0.0658. The van der Waals surface area contributed by atoms with Gasteiger partial charge in [-0.05, 0) is 43.9 Å². The van der Waals surface area contributed by atoms with E-state index in [0.29, 0.717) is 6.04 Å². The fraction of sp³-hybridized carbons (Fsp3) is 0.588. The van der Waals surface area contributed by atoms with Crippen molar-refractivity contribution in [2.24, 2.45) is 0 Å². The Morgan fingerprint density at radius 2 is 2.10 bits per heavy atom.